The number of benzene rings is 1. The van der Waals surface area contributed by atoms with Gasteiger partial charge >= 0.3 is 5.97 Å². The minimum Gasteiger partial charge on any atom is -0.459 e. The molecule has 1 heterocycles. The Kier molecular flexibility index (Phi) is 4.93. The van der Waals surface area contributed by atoms with Crippen LogP contribution in [0.5, 0.6) is 0 Å². The van der Waals surface area contributed by atoms with Gasteiger partial charge in [0.1, 0.15) is 5.82 Å². The van der Waals surface area contributed by atoms with Gasteiger partial charge in [0.25, 0.3) is 0 Å². The molecule has 0 saturated carbocycles. The van der Waals surface area contributed by atoms with E-state index in [2.05, 4.69) is 0 Å². The Balaban J connectivity index is 2.37. The summed E-state index contributed by atoms with van der Waals surface area (Å²) in [6, 6.07) is 5.98. The highest BCUT2D eigenvalue weighted by Crippen LogP contribution is 2.42. The molecule has 1 aliphatic heterocycles. The monoisotopic (exact) mass is 298 g/mol. The highest BCUT2D eigenvalue weighted by atomic mass is 32.2. The molecule has 1 aromatic rings. The van der Waals surface area contributed by atoms with Gasteiger partial charge in [-0.1, -0.05) is 12.1 Å². The SMILES string of the molecule is CC(C)OC(=O)C(=C1SCCS1)c1ccc(F)cc1. The van der Waals surface area contributed by atoms with Crippen molar-refractivity contribution in [2.24, 2.45) is 0 Å². The molecular formula is C14H15FO2S2. The van der Waals surface area contributed by atoms with Gasteiger partial charge in [-0.15, -0.1) is 23.5 Å². The maximum Gasteiger partial charge on any atom is 0.340 e. The molecule has 0 aromatic heterocycles. The Morgan fingerprint density at radius 2 is 1.79 bits per heavy atom. The first-order valence-corrected chi connectivity index (χ1v) is 8.02. The summed E-state index contributed by atoms with van der Waals surface area (Å²) in [7, 11) is 0. The van der Waals surface area contributed by atoms with Crippen LogP contribution in [0.2, 0.25) is 0 Å². The van der Waals surface area contributed by atoms with Crippen LogP contribution in [0.4, 0.5) is 4.39 Å². The lowest BCUT2D eigenvalue weighted by Gasteiger charge is -2.13. The molecule has 1 fully saturated rings. The third kappa shape index (κ3) is 3.76. The Bertz CT molecular complexity index is 487. The van der Waals surface area contributed by atoms with Crippen molar-refractivity contribution in [2.75, 3.05) is 11.5 Å². The van der Waals surface area contributed by atoms with Crippen LogP contribution in [0.25, 0.3) is 5.57 Å². The molecule has 0 aliphatic carbocycles. The summed E-state index contributed by atoms with van der Waals surface area (Å²) in [5, 5.41) is 0. The van der Waals surface area contributed by atoms with Crippen molar-refractivity contribution >= 4 is 35.1 Å². The molecule has 19 heavy (non-hydrogen) atoms. The number of thioether (sulfide) groups is 2. The largest absolute Gasteiger partial charge is 0.459 e. The van der Waals surface area contributed by atoms with Crippen molar-refractivity contribution in [3.05, 3.63) is 39.9 Å². The van der Waals surface area contributed by atoms with E-state index in [9.17, 15) is 9.18 Å². The molecule has 1 aromatic carbocycles. The van der Waals surface area contributed by atoms with E-state index in [-0.39, 0.29) is 17.9 Å². The van der Waals surface area contributed by atoms with E-state index < -0.39 is 0 Å². The van der Waals surface area contributed by atoms with Crippen LogP contribution in [0, 0.1) is 5.82 Å². The number of halogens is 1. The molecule has 0 spiro atoms. The lowest BCUT2D eigenvalue weighted by atomic mass is 10.1. The first-order valence-electron chi connectivity index (χ1n) is 6.04. The minimum atomic E-state index is -0.335. The van der Waals surface area contributed by atoms with Crippen LogP contribution in [-0.2, 0) is 9.53 Å². The fourth-order valence-electron chi connectivity index (χ4n) is 1.66. The molecule has 102 valence electrons. The summed E-state index contributed by atoms with van der Waals surface area (Å²) in [4.78, 5) is 12.2. The van der Waals surface area contributed by atoms with E-state index in [4.69, 9.17) is 4.74 Å². The Morgan fingerprint density at radius 1 is 1.21 bits per heavy atom. The van der Waals surface area contributed by atoms with E-state index >= 15 is 0 Å². The lowest BCUT2D eigenvalue weighted by Crippen LogP contribution is -2.13. The Morgan fingerprint density at radius 3 is 2.32 bits per heavy atom. The van der Waals surface area contributed by atoms with E-state index in [1.54, 1.807) is 35.7 Å². The third-order valence-corrected chi connectivity index (χ3v) is 5.15. The number of rotatable bonds is 3. The second-order valence-corrected chi connectivity index (χ2v) is 6.79. The molecule has 0 unspecified atom stereocenters. The number of hydrogen-bond donors (Lipinski definition) is 0. The van der Waals surface area contributed by atoms with E-state index in [0.717, 1.165) is 15.7 Å². The van der Waals surface area contributed by atoms with Crippen molar-refractivity contribution in [3.8, 4) is 0 Å². The van der Waals surface area contributed by atoms with Crippen LogP contribution in [0.15, 0.2) is 28.5 Å². The van der Waals surface area contributed by atoms with Gasteiger partial charge in [-0.05, 0) is 31.5 Å². The zero-order valence-corrected chi connectivity index (χ0v) is 12.4. The van der Waals surface area contributed by atoms with Crippen molar-refractivity contribution in [1.29, 1.82) is 0 Å². The standard InChI is InChI=1S/C14H15FO2S2/c1-9(2)17-13(16)12(14-18-7-8-19-14)10-3-5-11(15)6-4-10/h3-6,9H,7-8H2,1-2H3. The Labute approximate surface area is 120 Å². The summed E-state index contributed by atoms with van der Waals surface area (Å²) in [5.41, 5.74) is 1.27. The normalized spacial score (nSPS) is 14.8. The summed E-state index contributed by atoms with van der Waals surface area (Å²) >= 11 is 3.31. The van der Waals surface area contributed by atoms with E-state index in [1.807, 2.05) is 13.8 Å². The fourth-order valence-corrected chi connectivity index (χ4v) is 4.23. The first-order chi connectivity index (χ1) is 9.08. The molecule has 5 heteroatoms. The highest BCUT2D eigenvalue weighted by Gasteiger charge is 2.23. The van der Waals surface area contributed by atoms with Gasteiger partial charge in [-0.3, -0.25) is 0 Å². The summed E-state index contributed by atoms with van der Waals surface area (Å²) in [6.07, 6.45) is -0.167. The summed E-state index contributed by atoms with van der Waals surface area (Å²) in [5.74, 6) is 1.33. The predicted molar refractivity (Wildman–Crippen MR) is 79.5 cm³/mol. The molecule has 0 amide bonds. The molecule has 0 radical (unpaired) electrons. The third-order valence-electron chi connectivity index (χ3n) is 2.43. The number of carbonyl (C=O) groups excluding carboxylic acids is 1. The zero-order valence-electron chi connectivity index (χ0n) is 10.8. The topological polar surface area (TPSA) is 26.3 Å². The predicted octanol–water partition coefficient (Wildman–Crippen LogP) is 3.93. The van der Waals surface area contributed by atoms with Crippen molar-refractivity contribution in [3.63, 3.8) is 0 Å². The minimum absolute atomic E-state index is 0.167. The number of ether oxygens (including phenoxy) is 1. The first kappa shape index (κ1) is 14.5. The van der Waals surface area contributed by atoms with Crippen molar-refractivity contribution in [1.82, 2.24) is 0 Å². The summed E-state index contributed by atoms with van der Waals surface area (Å²) < 4.78 is 19.3. The molecule has 0 atom stereocenters. The van der Waals surface area contributed by atoms with Crippen LogP contribution in [0.3, 0.4) is 0 Å². The van der Waals surface area contributed by atoms with Gasteiger partial charge in [0.2, 0.25) is 0 Å². The van der Waals surface area contributed by atoms with Gasteiger partial charge in [-0.25, -0.2) is 9.18 Å². The number of carbonyl (C=O) groups is 1. The molecule has 2 nitrogen and oxygen atoms in total. The van der Waals surface area contributed by atoms with E-state index in [1.165, 1.54) is 12.1 Å². The fraction of sp³-hybridized carbons (Fsp3) is 0.357. The lowest BCUT2D eigenvalue weighted by molar-refractivity contribution is -0.140. The average Bonchev–Trinajstić information content (AvgIpc) is 2.84. The second-order valence-electron chi connectivity index (χ2n) is 4.32. The Hall–Kier alpha value is -0.940. The quantitative estimate of drug-likeness (QED) is 0.624. The van der Waals surface area contributed by atoms with Crippen LogP contribution >= 0.6 is 23.5 Å². The molecule has 1 aliphatic rings. The van der Waals surface area contributed by atoms with Gasteiger partial charge in [0, 0.05) is 11.5 Å². The van der Waals surface area contributed by atoms with Crippen LogP contribution in [-0.4, -0.2) is 23.6 Å². The van der Waals surface area contributed by atoms with Gasteiger partial charge in [-0.2, -0.15) is 0 Å². The second kappa shape index (κ2) is 6.48. The van der Waals surface area contributed by atoms with Crippen molar-refractivity contribution in [2.45, 2.75) is 20.0 Å². The smallest absolute Gasteiger partial charge is 0.340 e. The molecular weight excluding hydrogens is 283 g/mol. The maximum atomic E-state index is 13.0. The summed E-state index contributed by atoms with van der Waals surface area (Å²) in [6.45, 7) is 3.64. The van der Waals surface area contributed by atoms with Gasteiger partial charge in [0.15, 0.2) is 0 Å². The number of esters is 1. The van der Waals surface area contributed by atoms with E-state index in [0.29, 0.717) is 11.1 Å². The van der Waals surface area contributed by atoms with Gasteiger partial charge in [0.05, 0.1) is 15.9 Å². The molecule has 0 bridgehead atoms. The molecule has 1 saturated heterocycles. The molecule has 0 N–H and O–H groups in total. The number of hydrogen-bond acceptors (Lipinski definition) is 4. The average molecular weight is 298 g/mol. The van der Waals surface area contributed by atoms with Crippen LogP contribution in [0.1, 0.15) is 19.4 Å². The van der Waals surface area contributed by atoms with Crippen molar-refractivity contribution < 1.29 is 13.9 Å². The molecule has 2 rings (SSSR count). The van der Waals surface area contributed by atoms with Crippen LogP contribution < -0.4 is 0 Å². The zero-order chi connectivity index (χ0) is 13.8. The van der Waals surface area contributed by atoms with Gasteiger partial charge < -0.3 is 4.74 Å². The maximum absolute atomic E-state index is 13.0. The highest BCUT2D eigenvalue weighted by molar-refractivity contribution is 8.25.